The maximum Gasteiger partial charge on any atom is 0.239 e. The highest BCUT2D eigenvalue weighted by molar-refractivity contribution is 5.86. The van der Waals surface area contributed by atoms with E-state index >= 15 is 0 Å². The van der Waals surface area contributed by atoms with Crippen LogP contribution in [0.3, 0.4) is 0 Å². The first-order chi connectivity index (χ1) is 8.07. The van der Waals surface area contributed by atoms with Crippen LogP contribution >= 0.6 is 0 Å². The van der Waals surface area contributed by atoms with Crippen LogP contribution in [0.5, 0.6) is 0 Å². The van der Waals surface area contributed by atoms with Crippen molar-refractivity contribution in [3.05, 3.63) is 0 Å². The standard InChI is InChI=1S/C12H21N3O2/c1-12(11(17)13-2)5-7-15(8-12)10(16)9-4-3-6-14-9/h9,14H,3-8H2,1-2H3,(H,13,17)/t9-,12?/m0/s1. The van der Waals surface area contributed by atoms with Gasteiger partial charge in [0, 0.05) is 20.1 Å². The molecule has 2 aliphatic heterocycles. The summed E-state index contributed by atoms with van der Waals surface area (Å²) in [5.41, 5.74) is -0.414. The Hall–Kier alpha value is -1.10. The zero-order chi connectivity index (χ0) is 12.5. The molecule has 0 aromatic carbocycles. The fourth-order valence-corrected chi connectivity index (χ4v) is 2.75. The molecule has 0 aromatic rings. The van der Waals surface area contributed by atoms with Crippen molar-refractivity contribution in [1.82, 2.24) is 15.5 Å². The summed E-state index contributed by atoms with van der Waals surface area (Å²) >= 11 is 0. The van der Waals surface area contributed by atoms with Gasteiger partial charge in [-0.2, -0.15) is 0 Å². The first-order valence-electron chi connectivity index (χ1n) is 6.31. The van der Waals surface area contributed by atoms with Crippen molar-refractivity contribution in [2.24, 2.45) is 5.41 Å². The molecular weight excluding hydrogens is 218 g/mol. The van der Waals surface area contributed by atoms with Crippen LogP contribution < -0.4 is 10.6 Å². The average Bonchev–Trinajstić information content (AvgIpc) is 2.96. The van der Waals surface area contributed by atoms with E-state index in [0.717, 1.165) is 25.8 Å². The molecule has 0 radical (unpaired) electrons. The van der Waals surface area contributed by atoms with E-state index in [9.17, 15) is 9.59 Å². The molecule has 2 N–H and O–H groups in total. The average molecular weight is 239 g/mol. The van der Waals surface area contributed by atoms with Crippen LogP contribution in [0.15, 0.2) is 0 Å². The van der Waals surface area contributed by atoms with Crippen LogP contribution in [0.1, 0.15) is 26.2 Å². The van der Waals surface area contributed by atoms with Crippen molar-refractivity contribution in [3.63, 3.8) is 0 Å². The van der Waals surface area contributed by atoms with Gasteiger partial charge in [0.2, 0.25) is 11.8 Å². The molecule has 2 saturated heterocycles. The van der Waals surface area contributed by atoms with Gasteiger partial charge in [0.25, 0.3) is 0 Å². The van der Waals surface area contributed by atoms with Crippen LogP contribution in [0.2, 0.25) is 0 Å². The molecule has 5 heteroatoms. The maximum absolute atomic E-state index is 12.2. The minimum Gasteiger partial charge on any atom is -0.359 e. The summed E-state index contributed by atoms with van der Waals surface area (Å²) in [7, 11) is 1.65. The Morgan fingerprint density at radius 2 is 2.24 bits per heavy atom. The fraction of sp³-hybridized carbons (Fsp3) is 0.833. The summed E-state index contributed by atoms with van der Waals surface area (Å²) in [6, 6.07) is -0.0259. The molecule has 2 heterocycles. The zero-order valence-electron chi connectivity index (χ0n) is 10.6. The SMILES string of the molecule is CNC(=O)C1(C)CCN(C(=O)[C@@H]2CCCN2)C1. The van der Waals surface area contributed by atoms with Gasteiger partial charge >= 0.3 is 0 Å². The summed E-state index contributed by atoms with van der Waals surface area (Å²) in [5, 5.41) is 5.90. The molecule has 0 bridgehead atoms. The number of carbonyl (C=O) groups excluding carboxylic acids is 2. The Labute approximate surface area is 102 Å². The minimum atomic E-state index is -0.414. The lowest BCUT2D eigenvalue weighted by molar-refractivity contribution is -0.133. The highest BCUT2D eigenvalue weighted by atomic mass is 16.2. The number of hydrogen-bond donors (Lipinski definition) is 2. The Morgan fingerprint density at radius 3 is 2.82 bits per heavy atom. The summed E-state index contributed by atoms with van der Waals surface area (Å²) in [6.45, 7) is 4.10. The minimum absolute atomic E-state index is 0.0259. The van der Waals surface area contributed by atoms with Gasteiger partial charge in [0.1, 0.15) is 0 Å². The van der Waals surface area contributed by atoms with Gasteiger partial charge < -0.3 is 15.5 Å². The van der Waals surface area contributed by atoms with E-state index < -0.39 is 5.41 Å². The number of amides is 2. The first kappa shape index (κ1) is 12.4. The molecule has 96 valence electrons. The number of nitrogens with zero attached hydrogens (tertiary/aromatic N) is 1. The molecule has 2 aliphatic rings. The topological polar surface area (TPSA) is 61.4 Å². The molecule has 2 atom stereocenters. The molecule has 0 aromatic heterocycles. The normalized spacial score (nSPS) is 32.8. The number of rotatable bonds is 2. The third-order valence-corrected chi connectivity index (χ3v) is 3.92. The summed E-state index contributed by atoms with van der Waals surface area (Å²) < 4.78 is 0. The lowest BCUT2D eigenvalue weighted by Gasteiger charge is -2.24. The largest absolute Gasteiger partial charge is 0.359 e. The molecule has 2 rings (SSSR count). The number of likely N-dealkylation sites (tertiary alicyclic amines) is 1. The molecule has 2 fully saturated rings. The Morgan fingerprint density at radius 1 is 1.47 bits per heavy atom. The molecule has 0 spiro atoms. The summed E-state index contributed by atoms with van der Waals surface area (Å²) in [5.74, 6) is 0.197. The Balaban J connectivity index is 1.97. The highest BCUT2D eigenvalue weighted by Crippen LogP contribution is 2.30. The van der Waals surface area contributed by atoms with Crippen molar-refractivity contribution in [3.8, 4) is 0 Å². The second kappa shape index (κ2) is 4.64. The Kier molecular flexibility index (Phi) is 3.38. The first-order valence-corrected chi connectivity index (χ1v) is 6.31. The van der Waals surface area contributed by atoms with E-state index in [1.807, 2.05) is 11.8 Å². The maximum atomic E-state index is 12.2. The highest BCUT2D eigenvalue weighted by Gasteiger charge is 2.42. The zero-order valence-corrected chi connectivity index (χ0v) is 10.6. The second-order valence-electron chi connectivity index (χ2n) is 5.30. The monoisotopic (exact) mass is 239 g/mol. The van der Waals surface area contributed by atoms with Crippen molar-refractivity contribution in [2.75, 3.05) is 26.7 Å². The van der Waals surface area contributed by atoms with Gasteiger partial charge in [-0.3, -0.25) is 9.59 Å². The van der Waals surface area contributed by atoms with E-state index in [4.69, 9.17) is 0 Å². The third kappa shape index (κ3) is 2.29. The van der Waals surface area contributed by atoms with Crippen LogP contribution in [-0.2, 0) is 9.59 Å². The van der Waals surface area contributed by atoms with Gasteiger partial charge in [-0.1, -0.05) is 0 Å². The van der Waals surface area contributed by atoms with Gasteiger partial charge in [-0.15, -0.1) is 0 Å². The molecular formula is C12H21N3O2. The van der Waals surface area contributed by atoms with E-state index in [2.05, 4.69) is 10.6 Å². The smallest absolute Gasteiger partial charge is 0.239 e. The molecule has 17 heavy (non-hydrogen) atoms. The van der Waals surface area contributed by atoms with Crippen molar-refractivity contribution >= 4 is 11.8 Å². The van der Waals surface area contributed by atoms with Gasteiger partial charge in [0.05, 0.1) is 11.5 Å². The van der Waals surface area contributed by atoms with Crippen molar-refractivity contribution < 1.29 is 9.59 Å². The Bertz CT molecular complexity index is 326. The van der Waals surface area contributed by atoms with E-state index in [0.29, 0.717) is 13.1 Å². The number of nitrogens with one attached hydrogen (secondary N) is 2. The predicted octanol–water partition coefficient (Wildman–Crippen LogP) is -0.277. The third-order valence-electron chi connectivity index (χ3n) is 3.92. The van der Waals surface area contributed by atoms with Crippen LogP contribution in [0.4, 0.5) is 0 Å². The van der Waals surface area contributed by atoms with Gasteiger partial charge in [-0.05, 0) is 32.7 Å². The summed E-state index contributed by atoms with van der Waals surface area (Å²) in [4.78, 5) is 25.8. The molecule has 1 unspecified atom stereocenters. The van der Waals surface area contributed by atoms with Crippen molar-refractivity contribution in [1.29, 1.82) is 0 Å². The van der Waals surface area contributed by atoms with Gasteiger partial charge in [-0.25, -0.2) is 0 Å². The van der Waals surface area contributed by atoms with E-state index in [-0.39, 0.29) is 17.9 Å². The second-order valence-corrected chi connectivity index (χ2v) is 5.30. The summed E-state index contributed by atoms with van der Waals surface area (Å²) in [6.07, 6.45) is 2.74. The van der Waals surface area contributed by atoms with Crippen molar-refractivity contribution in [2.45, 2.75) is 32.2 Å². The predicted molar refractivity (Wildman–Crippen MR) is 64.4 cm³/mol. The lowest BCUT2D eigenvalue weighted by atomic mass is 9.89. The molecule has 5 nitrogen and oxygen atoms in total. The fourth-order valence-electron chi connectivity index (χ4n) is 2.75. The lowest BCUT2D eigenvalue weighted by Crippen LogP contribution is -2.45. The van der Waals surface area contributed by atoms with E-state index in [1.54, 1.807) is 7.05 Å². The van der Waals surface area contributed by atoms with E-state index in [1.165, 1.54) is 0 Å². The van der Waals surface area contributed by atoms with Gasteiger partial charge in [0.15, 0.2) is 0 Å². The quantitative estimate of drug-likeness (QED) is 0.697. The van der Waals surface area contributed by atoms with Crippen LogP contribution in [0.25, 0.3) is 0 Å². The molecule has 0 saturated carbocycles. The molecule has 2 amide bonds. The molecule has 0 aliphatic carbocycles. The number of hydrogen-bond acceptors (Lipinski definition) is 3. The number of carbonyl (C=O) groups is 2. The van der Waals surface area contributed by atoms with Crippen LogP contribution in [0, 0.1) is 5.41 Å². The van der Waals surface area contributed by atoms with Crippen LogP contribution in [-0.4, -0.2) is 49.4 Å².